The zero-order valence-corrected chi connectivity index (χ0v) is 14.4. The van der Waals surface area contributed by atoms with Crippen LogP contribution in [0.4, 0.5) is 9.18 Å². The minimum absolute atomic E-state index is 0.0599. The van der Waals surface area contributed by atoms with Gasteiger partial charge in [-0.1, -0.05) is 26.0 Å². The summed E-state index contributed by atoms with van der Waals surface area (Å²) in [6.45, 7) is 7.58. The van der Waals surface area contributed by atoms with Crippen LogP contribution in [0.25, 0.3) is 0 Å². The largest absolute Gasteiger partial charge is 0.388 e. The summed E-state index contributed by atoms with van der Waals surface area (Å²) in [5.74, 6) is -0.184. The van der Waals surface area contributed by atoms with Gasteiger partial charge in [-0.15, -0.1) is 0 Å². The SMILES string of the molecule is CC(C)C(C)(O)CNC(=O)NCCN(C)Cc1ccc(F)cc1. The van der Waals surface area contributed by atoms with Gasteiger partial charge in [-0.05, 0) is 37.6 Å². The Kier molecular flexibility index (Phi) is 7.45. The Hall–Kier alpha value is -1.66. The van der Waals surface area contributed by atoms with E-state index in [0.29, 0.717) is 19.6 Å². The van der Waals surface area contributed by atoms with Crippen molar-refractivity contribution in [2.45, 2.75) is 32.9 Å². The highest BCUT2D eigenvalue weighted by atomic mass is 19.1. The van der Waals surface area contributed by atoms with Crippen molar-refractivity contribution >= 4 is 6.03 Å². The maximum Gasteiger partial charge on any atom is 0.314 e. The molecule has 0 spiro atoms. The van der Waals surface area contributed by atoms with Crippen molar-refractivity contribution in [1.82, 2.24) is 15.5 Å². The topological polar surface area (TPSA) is 64.6 Å². The first kappa shape index (κ1) is 19.4. The van der Waals surface area contributed by atoms with Crippen molar-refractivity contribution in [2.75, 3.05) is 26.7 Å². The van der Waals surface area contributed by atoms with E-state index < -0.39 is 5.60 Å². The predicted octanol–water partition coefficient (Wildman–Crippen LogP) is 1.96. The zero-order chi connectivity index (χ0) is 17.5. The molecule has 0 heterocycles. The summed E-state index contributed by atoms with van der Waals surface area (Å²) in [7, 11) is 1.94. The van der Waals surface area contributed by atoms with Crippen LogP contribution in [0.1, 0.15) is 26.3 Å². The second kappa shape index (κ2) is 8.84. The van der Waals surface area contributed by atoms with Gasteiger partial charge in [-0.3, -0.25) is 0 Å². The summed E-state index contributed by atoms with van der Waals surface area (Å²) >= 11 is 0. The van der Waals surface area contributed by atoms with Gasteiger partial charge in [0.15, 0.2) is 0 Å². The summed E-state index contributed by atoms with van der Waals surface area (Å²) in [5, 5.41) is 15.5. The fraction of sp³-hybridized carbons (Fsp3) is 0.588. The average Bonchev–Trinajstić information content (AvgIpc) is 2.47. The summed E-state index contributed by atoms with van der Waals surface area (Å²) in [4.78, 5) is 13.7. The summed E-state index contributed by atoms with van der Waals surface area (Å²) in [6.07, 6.45) is 0. The van der Waals surface area contributed by atoms with Gasteiger partial charge in [0, 0.05) is 26.2 Å². The van der Waals surface area contributed by atoms with Gasteiger partial charge < -0.3 is 20.6 Å². The summed E-state index contributed by atoms with van der Waals surface area (Å²) in [5.41, 5.74) is 0.0998. The standard InChI is InChI=1S/C17H28FN3O2/c1-13(2)17(3,23)12-20-16(22)19-9-10-21(4)11-14-5-7-15(18)8-6-14/h5-8,13,23H,9-12H2,1-4H3,(H2,19,20,22). The smallest absolute Gasteiger partial charge is 0.314 e. The lowest BCUT2D eigenvalue weighted by atomic mass is 9.93. The molecule has 23 heavy (non-hydrogen) atoms. The normalized spacial score (nSPS) is 13.9. The lowest BCUT2D eigenvalue weighted by Gasteiger charge is -2.27. The number of likely N-dealkylation sites (N-methyl/N-ethyl adjacent to an activating group) is 1. The molecule has 1 unspecified atom stereocenters. The molecule has 0 aliphatic heterocycles. The molecule has 0 aliphatic carbocycles. The number of hydrogen-bond donors (Lipinski definition) is 3. The van der Waals surface area contributed by atoms with Crippen LogP contribution in [0.2, 0.25) is 0 Å². The van der Waals surface area contributed by atoms with Crippen LogP contribution in [0.3, 0.4) is 0 Å². The molecule has 0 radical (unpaired) electrons. The second-order valence-corrected chi connectivity index (χ2v) is 6.49. The number of nitrogens with zero attached hydrogens (tertiary/aromatic N) is 1. The Labute approximate surface area is 137 Å². The lowest BCUT2D eigenvalue weighted by molar-refractivity contribution is 0.0166. The zero-order valence-electron chi connectivity index (χ0n) is 14.4. The highest BCUT2D eigenvalue weighted by Gasteiger charge is 2.25. The van der Waals surface area contributed by atoms with E-state index in [1.807, 2.05) is 25.8 Å². The molecule has 6 heteroatoms. The number of rotatable bonds is 8. The Bertz CT molecular complexity index is 489. The Morgan fingerprint density at radius 3 is 2.48 bits per heavy atom. The molecule has 1 rings (SSSR count). The first-order valence-corrected chi connectivity index (χ1v) is 7.88. The van der Waals surface area contributed by atoms with E-state index in [9.17, 15) is 14.3 Å². The minimum Gasteiger partial charge on any atom is -0.388 e. The fourth-order valence-electron chi connectivity index (χ4n) is 1.87. The third-order valence-corrected chi connectivity index (χ3v) is 4.00. The Morgan fingerprint density at radius 2 is 1.91 bits per heavy atom. The third-order valence-electron chi connectivity index (χ3n) is 4.00. The molecule has 2 amide bonds. The van der Waals surface area contributed by atoms with E-state index in [1.165, 1.54) is 12.1 Å². The van der Waals surface area contributed by atoms with Crippen LogP contribution >= 0.6 is 0 Å². The number of urea groups is 1. The molecule has 0 aliphatic rings. The molecule has 130 valence electrons. The van der Waals surface area contributed by atoms with Crippen molar-refractivity contribution in [1.29, 1.82) is 0 Å². The van der Waals surface area contributed by atoms with Crippen molar-refractivity contribution < 1.29 is 14.3 Å². The number of amides is 2. The minimum atomic E-state index is -0.920. The van der Waals surface area contributed by atoms with Crippen molar-refractivity contribution in [3.63, 3.8) is 0 Å². The molecule has 1 aromatic rings. The van der Waals surface area contributed by atoms with Gasteiger partial charge in [-0.25, -0.2) is 9.18 Å². The van der Waals surface area contributed by atoms with Crippen LogP contribution in [0.5, 0.6) is 0 Å². The van der Waals surface area contributed by atoms with Crippen LogP contribution < -0.4 is 10.6 Å². The lowest BCUT2D eigenvalue weighted by Crippen LogP contribution is -2.48. The Balaban J connectivity index is 2.22. The molecule has 1 atom stereocenters. The van der Waals surface area contributed by atoms with E-state index >= 15 is 0 Å². The number of nitrogens with one attached hydrogen (secondary N) is 2. The second-order valence-electron chi connectivity index (χ2n) is 6.49. The van der Waals surface area contributed by atoms with Crippen molar-refractivity contribution in [2.24, 2.45) is 5.92 Å². The van der Waals surface area contributed by atoms with Gasteiger partial charge in [0.1, 0.15) is 5.82 Å². The van der Waals surface area contributed by atoms with Gasteiger partial charge >= 0.3 is 6.03 Å². The van der Waals surface area contributed by atoms with Crippen LogP contribution in [-0.4, -0.2) is 48.3 Å². The first-order valence-electron chi connectivity index (χ1n) is 7.88. The molecular weight excluding hydrogens is 297 g/mol. The molecule has 0 aromatic heterocycles. The fourth-order valence-corrected chi connectivity index (χ4v) is 1.87. The maximum atomic E-state index is 12.8. The Morgan fingerprint density at radius 1 is 1.30 bits per heavy atom. The van der Waals surface area contributed by atoms with E-state index in [1.54, 1.807) is 19.1 Å². The molecule has 0 bridgehead atoms. The molecule has 1 aromatic carbocycles. The maximum absolute atomic E-state index is 12.8. The number of carbonyl (C=O) groups excluding carboxylic acids is 1. The highest BCUT2D eigenvalue weighted by molar-refractivity contribution is 5.73. The average molecular weight is 325 g/mol. The number of benzene rings is 1. The van der Waals surface area contributed by atoms with E-state index in [4.69, 9.17) is 0 Å². The molecule has 0 saturated heterocycles. The van der Waals surface area contributed by atoms with Gasteiger partial charge in [0.25, 0.3) is 0 Å². The van der Waals surface area contributed by atoms with Crippen LogP contribution in [0.15, 0.2) is 24.3 Å². The van der Waals surface area contributed by atoms with Crippen LogP contribution in [-0.2, 0) is 6.54 Å². The van der Waals surface area contributed by atoms with Crippen molar-refractivity contribution in [3.8, 4) is 0 Å². The predicted molar refractivity (Wildman–Crippen MR) is 89.6 cm³/mol. The van der Waals surface area contributed by atoms with E-state index in [-0.39, 0.29) is 24.3 Å². The van der Waals surface area contributed by atoms with Crippen LogP contribution in [0, 0.1) is 11.7 Å². The molecule has 0 saturated carbocycles. The number of aliphatic hydroxyl groups is 1. The monoisotopic (exact) mass is 325 g/mol. The van der Waals surface area contributed by atoms with E-state index in [0.717, 1.165) is 5.56 Å². The van der Waals surface area contributed by atoms with E-state index in [2.05, 4.69) is 10.6 Å². The number of hydrogen-bond acceptors (Lipinski definition) is 3. The molecule has 3 N–H and O–H groups in total. The van der Waals surface area contributed by atoms with Crippen molar-refractivity contribution in [3.05, 3.63) is 35.6 Å². The third kappa shape index (κ3) is 7.43. The summed E-state index contributed by atoms with van der Waals surface area (Å²) < 4.78 is 12.8. The molecular formula is C17H28FN3O2. The summed E-state index contributed by atoms with van der Waals surface area (Å²) in [6, 6.07) is 6.09. The highest BCUT2D eigenvalue weighted by Crippen LogP contribution is 2.14. The first-order chi connectivity index (χ1) is 10.7. The quantitative estimate of drug-likeness (QED) is 0.685. The molecule has 5 nitrogen and oxygen atoms in total. The molecule has 0 fully saturated rings. The number of halogens is 1. The van der Waals surface area contributed by atoms with Gasteiger partial charge in [0.05, 0.1) is 5.60 Å². The van der Waals surface area contributed by atoms with Gasteiger partial charge in [0.2, 0.25) is 0 Å². The van der Waals surface area contributed by atoms with Gasteiger partial charge in [-0.2, -0.15) is 0 Å². The number of carbonyl (C=O) groups is 1.